The molecular weight excluding hydrogens is 368 g/mol. The molecule has 1 aliphatic carbocycles. The highest BCUT2D eigenvalue weighted by Crippen LogP contribution is 2.46. The Bertz CT molecular complexity index is 810. The zero-order chi connectivity index (χ0) is 19.8. The van der Waals surface area contributed by atoms with Crippen molar-refractivity contribution >= 4 is 15.9 Å². The van der Waals surface area contributed by atoms with Crippen LogP contribution in [0, 0.1) is 17.8 Å². The molecule has 2 aliphatic rings. The third kappa shape index (κ3) is 4.21. The van der Waals surface area contributed by atoms with Gasteiger partial charge in [0.25, 0.3) is 0 Å². The fourth-order valence-electron chi connectivity index (χ4n) is 4.56. The van der Waals surface area contributed by atoms with Crippen molar-refractivity contribution in [1.82, 2.24) is 9.62 Å². The molecule has 1 amide bonds. The number of fused-ring (bicyclic) bond motifs is 1. The van der Waals surface area contributed by atoms with Gasteiger partial charge in [0, 0.05) is 37.2 Å². The Hall–Kier alpha value is -1.80. The smallest absolute Gasteiger partial charge is 0.223 e. The van der Waals surface area contributed by atoms with Crippen LogP contribution < -0.4 is 14.2 Å². The van der Waals surface area contributed by atoms with Crippen LogP contribution in [0.25, 0.3) is 0 Å². The summed E-state index contributed by atoms with van der Waals surface area (Å²) in [5, 5.41) is 0. The molecule has 1 aliphatic heterocycles. The summed E-state index contributed by atoms with van der Waals surface area (Å²) in [6, 6.07) is 5.76. The summed E-state index contributed by atoms with van der Waals surface area (Å²) in [6.45, 7) is 3.03. The van der Waals surface area contributed by atoms with E-state index in [4.69, 9.17) is 9.47 Å². The monoisotopic (exact) mass is 396 g/mol. The van der Waals surface area contributed by atoms with E-state index in [1.165, 1.54) is 6.26 Å². The van der Waals surface area contributed by atoms with E-state index in [0.29, 0.717) is 36.9 Å². The first-order chi connectivity index (χ1) is 12.7. The van der Waals surface area contributed by atoms with Crippen LogP contribution in [0.1, 0.15) is 25.3 Å². The van der Waals surface area contributed by atoms with Gasteiger partial charge < -0.3 is 14.4 Å². The molecule has 1 saturated heterocycles. The number of nitrogens with zero attached hydrogens (tertiary/aromatic N) is 1. The molecule has 0 bridgehead atoms. The number of carbonyl (C=O) groups excluding carboxylic acids is 1. The number of hydrogen-bond acceptors (Lipinski definition) is 5. The Balaban J connectivity index is 1.76. The molecular formula is C19H28N2O5S. The molecule has 0 spiro atoms. The zero-order valence-electron chi connectivity index (χ0n) is 16.3. The van der Waals surface area contributed by atoms with Crippen LogP contribution >= 0.6 is 0 Å². The van der Waals surface area contributed by atoms with Crippen LogP contribution in [-0.4, -0.2) is 52.3 Å². The highest BCUT2D eigenvalue weighted by Gasteiger charge is 2.50. The van der Waals surface area contributed by atoms with Crippen LogP contribution in [-0.2, 0) is 21.4 Å². The average Bonchev–Trinajstić information content (AvgIpc) is 3.07. The first-order valence-electron chi connectivity index (χ1n) is 9.18. The number of hydrogen-bond donors (Lipinski definition) is 1. The summed E-state index contributed by atoms with van der Waals surface area (Å²) in [7, 11) is -0.0186. The minimum atomic E-state index is -3.23. The second kappa shape index (κ2) is 7.67. The first-order valence-corrected chi connectivity index (χ1v) is 11.1. The molecule has 8 heteroatoms. The molecule has 1 aromatic carbocycles. The summed E-state index contributed by atoms with van der Waals surface area (Å²) in [4.78, 5) is 14.6. The topological polar surface area (TPSA) is 84.9 Å². The van der Waals surface area contributed by atoms with Crippen molar-refractivity contribution < 1.29 is 22.7 Å². The quantitative estimate of drug-likeness (QED) is 0.757. The van der Waals surface area contributed by atoms with E-state index in [2.05, 4.69) is 11.6 Å². The molecule has 7 nitrogen and oxygen atoms in total. The van der Waals surface area contributed by atoms with Crippen molar-refractivity contribution in [3.8, 4) is 11.5 Å². The molecule has 27 heavy (non-hydrogen) atoms. The summed E-state index contributed by atoms with van der Waals surface area (Å²) >= 11 is 0. The van der Waals surface area contributed by atoms with Gasteiger partial charge >= 0.3 is 0 Å². The standard InChI is InChI=1S/C19H28N2O5S/c1-12-7-17-15(16(12)10-20-27(4,23)24)9-19(22)21(17)11-13-5-6-14(25-2)8-18(13)26-3/h5-6,8,12,15-17,20H,7,9-11H2,1-4H3/t12-,15-,16+,17+/m0/s1. The predicted molar refractivity (Wildman–Crippen MR) is 102 cm³/mol. The van der Waals surface area contributed by atoms with E-state index in [0.717, 1.165) is 12.0 Å². The molecule has 1 heterocycles. The van der Waals surface area contributed by atoms with E-state index in [-0.39, 0.29) is 23.8 Å². The summed E-state index contributed by atoms with van der Waals surface area (Å²) in [5.74, 6) is 2.26. The van der Waals surface area contributed by atoms with Crippen molar-refractivity contribution in [3.63, 3.8) is 0 Å². The highest BCUT2D eigenvalue weighted by molar-refractivity contribution is 7.88. The van der Waals surface area contributed by atoms with Crippen molar-refractivity contribution in [3.05, 3.63) is 23.8 Å². The van der Waals surface area contributed by atoms with Gasteiger partial charge in [-0.15, -0.1) is 0 Å². The van der Waals surface area contributed by atoms with Gasteiger partial charge in [0.15, 0.2) is 0 Å². The lowest BCUT2D eigenvalue weighted by Crippen LogP contribution is -2.34. The number of nitrogens with one attached hydrogen (secondary N) is 1. The van der Waals surface area contributed by atoms with Crippen molar-refractivity contribution in [1.29, 1.82) is 0 Å². The molecule has 1 N–H and O–H groups in total. The van der Waals surface area contributed by atoms with E-state index in [1.807, 2.05) is 23.1 Å². The Labute approximate surface area is 161 Å². The molecule has 0 unspecified atom stereocenters. The van der Waals surface area contributed by atoms with Gasteiger partial charge in [0.2, 0.25) is 15.9 Å². The molecule has 4 atom stereocenters. The third-order valence-electron chi connectivity index (χ3n) is 5.94. The van der Waals surface area contributed by atoms with Gasteiger partial charge in [0.05, 0.1) is 20.5 Å². The van der Waals surface area contributed by atoms with Gasteiger partial charge in [-0.05, 0) is 36.3 Å². The van der Waals surface area contributed by atoms with Crippen LogP contribution in [0.4, 0.5) is 0 Å². The normalized spacial score (nSPS) is 27.7. The maximum absolute atomic E-state index is 12.7. The fourth-order valence-corrected chi connectivity index (χ4v) is 5.05. The maximum Gasteiger partial charge on any atom is 0.223 e. The minimum absolute atomic E-state index is 0.124. The van der Waals surface area contributed by atoms with E-state index in [1.54, 1.807) is 14.2 Å². The van der Waals surface area contributed by atoms with E-state index < -0.39 is 10.0 Å². The molecule has 2 fully saturated rings. The minimum Gasteiger partial charge on any atom is -0.497 e. The summed E-state index contributed by atoms with van der Waals surface area (Å²) < 4.78 is 36.3. The number of methoxy groups -OCH3 is 2. The highest BCUT2D eigenvalue weighted by atomic mass is 32.2. The molecule has 0 radical (unpaired) electrons. The van der Waals surface area contributed by atoms with Crippen LogP contribution in [0.5, 0.6) is 11.5 Å². The largest absolute Gasteiger partial charge is 0.497 e. The third-order valence-corrected chi connectivity index (χ3v) is 6.63. The molecule has 1 saturated carbocycles. The second-order valence-electron chi connectivity index (χ2n) is 7.63. The van der Waals surface area contributed by atoms with Crippen molar-refractivity contribution in [2.75, 3.05) is 27.0 Å². The van der Waals surface area contributed by atoms with Crippen molar-refractivity contribution in [2.24, 2.45) is 17.8 Å². The Morgan fingerprint density at radius 2 is 2.00 bits per heavy atom. The fraction of sp³-hybridized carbons (Fsp3) is 0.632. The van der Waals surface area contributed by atoms with Gasteiger partial charge in [-0.1, -0.05) is 6.92 Å². The lowest BCUT2D eigenvalue weighted by molar-refractivity contribution is -0.129. The average molecular weight is 397 g/mol. The van der Waals surface area contributed by atoms with Crippen LogP contribution in [0.2, 0.25) is 0 Å². The molecule has 150 valence electrons. The number of carbonyl (C=O) groups is 1. The number of benzene rings is 1. The number of ether oxygens (including phenoxy) is 2. The summed E-state index contributed by atoms with van der Waals surface area (Å²) in [5.41, 5.74) is 0.942. The van der Waals surface area contributed by atoms with Gasteiger partial charge in [-0.3, -0.25) is 4.79 Å². The van der Waals surface area contributed by atoms with E-state index >= 15 is 0 Å². The Morgan fingerprint density at radius 1 is 1.26 bits per heavy atom. The van der Waals surface area contributed by atoms with E-state index in [9.17, 15) is 13.2 Å². The second-order valence-corrected chi connectivity index (χ2v) is 9.47. The molecule has 3 rings (SSSR count). The number of sulfonamides is 1. The number of likely N-dealkylation sites (tertiary alicyclic amines) is 1. The number of rotatable bonds is 7. The summed E-state index contributed by atoms with van der Waals surface area (Å²) in [6.07, 6.45) is 2.54. The predicted octanol–water partition coefficient (Wildman–Crippen LogP) is 1.63. The SMILES string of the molecule is COc1ccc(CN2C(=O)C[C@H]3[C@H](CNS(C)(=O)=O)[C@@H](C)C[C@H]32)c(OC)c1. The lowest BCUT2D eigenvalue weighted by Gasteiger charge is -2.25. The van der Waals surface area contributed by atoms with Crippen molar-refractivity contribution in [2.45, 2.75) is 32.4 Å². The van der Waals surface area contributed by atoms with Crippen LogP contribution in [0.15, 0.2) is 18.2 Å². The van der Waals surface area contributed by atoms with Gasteiger partial charge in [0.1, 0.15) is 11.5 Å². The Kier molecular flexibility index (Phi) is 5.67. The van der Waals surface area contributed by atoms with Crippen LogP contribution in [0.3, 0.4) is 0 Å². The lowest BCUT2D eigenvalue weighted by atomic mass is 9.89. The van der Waals surface area contributed by atoms with Gasteiger partial charge in [-0.25, -0.2) is 13.1 Å². The molecule has 0 aromatic heterocycles. The van der Waals surface area contributed by atoms with Gasteiger partial charge in [-0.2, -0.15) is 0 Å². The zero-order valence-corrected chi connectivity index (χ0v) is 17.1. The maximum atomic E-state index is 12.7. The first kappa shape index (κ1) is 19.9. The molecule has 1 aromatic rings. The Morgan fingerprint density at radius 3 is 2.63 bits per heavy atom. The number of amides is 1.